The van der Waals surface area contributed by atoms with Gasteiger partial charge in [-0.2, -0.15) is 0 Å². The van der Waals surface area contributed by atoms with E-state index in [0.717, 1.165) is 25.4 Å². The van der Waals surface area contributed by atoms with Crippen molar-refractivity contribution in [2.45, 2.75) is 50.2 Å². The van der Waals surface area contributed by atoms with Crippen LogP contribution in [0.2, 0.25) is 5.02 Å². The predicted molar refractivity (Wildman–Crippen MR) is 94.3 cm³/mol. The summed E-state index contributed by atoms with van der Waals surface area (Å²) in [6.45, 7) is 1.61. The zero-order valence-electron chi connectivity index (χ0n) is 13.9. The van der Waals surface area contributed by atoms with Gasteiger partial charge in [0, 0.05) is 23.9 Å². The molecule has 3 fully saturated rings. The fraction of sp³-hybridized carbons (Fsp3) is 0.632. The molecule has 0 spiro atoms. The van der Waals surface area contributed by atoms with Gasteiger partial charge < -0.3 is 15.4 Å². The third-order valence-corrected chi connectivity index (χ3v) is 6.26. The number of benzene rings is 1. The van der Waals surface area contributed by atoms with E-state index >= 15 is 0 Å². The molecule has 3 atom stereocenters. The van der Waals surface area contributed by atoms with Crippen LogP contribution in [0.3, 0.4) is 0 Å². The molecule has 1 aromatic carbocycles. The van der Waals surface area contributed by atoms with E-state index in [2.05, 4.69) is 10.6 Å². The number of nitrogens with one attached hydrogen (secondary N) is 2. The highest BCUT2D eigenvalue weighted by molar-refractivity contribution is 6.30. The summed E-state index contributed by atoms with van der Waals surface area (Å²) in [7, 11) is 0. The Morgan fingerprint density at radius 1 is 1.17 bits per heavy atom. The second-order valence-electron chi connectivity index (χ2n) is 7.56. The number of amides is 1. The SMILES string of the molecule is O=C(N[C@@H]1C[C@@H]2CC[C@H]1C2)C1(Oc2ccc(Cl)cc2)CCNCC1. The highest BCUT2D eigenvalue weighted by Crippen LogP contribution is 2.44. The van der Waals surface area contributed by atoms with Crippen molar-refractivity contribution in [3.8, 4) is 5.75 Å². The lowest BCUT2D eigenvalue weighted by Crippen LogP contribution is -2.58. The summed E-state index contributed by atoms with van der Waals surface area (Å²) in [5, 5.41) is 7.34. The number of hydrogen-bond donors (Lipinski definition) is 2. The van der Waals surface area contributed by atoms with Gasteiger partial charge >= 0.3 is 0 Å². The third-order valence-electron chi connectivity index (χ3n) is 6.01. The Kier molecular flexibility index (Phi) is 4.44. The first kappa shape index (κ1) is 16.2. The minimum absolute atomic E-state index is 0.0662. The average molecular weight is 349 g/mol. The Balaban J connectivity index is 1.49. The summed E-state index contributed by atoms with van der Waals surface area (Å²) in [6, 6.07) is 7.64. The molecule has 3 aliphatic rings. The van der Waals surface area contributed by atoms with E-state index in [1.54, 1.807) is 12.1 Å². The first-order chi connectivity index (χ1) is 11.6. The van der Waals surface area contributed by atoms with Crippen LogP contribution >= 0.6 is 11.6 Å². The highest BCUT2D eigenvalue weighted by atomic mass is 35.5. The summed E-state index contributed by atoms with van der Waals surface area (Å²) in [5.41, 5.74) is -0.763. The fourth-order valence-electron chi connectivity index (χ4n) is 4.66. The normalized spacial score (nSPS) is 31.0. The summed E-state index contributed by atoms with van der Waals surface area (Å²) < 4.78 is 6.24. The van der Waals surface area contributed by atoms with Crippen LogP contribution in [0.1, 0.15) is 38.5 Å². The Labute approximate surface area is 148 Å². The quantitative estimate of drug-likeness (QED) is 0.878. The molecule has 1 aromatic rings. The zero-order valence-corrected chi connectivity index (χ0v) is 14.6. The summed E-state index contributed by atoms with van der Waals surface area (Å²) in [6.07, 6.45) is 6.43. The van der Waals surface area contributed by atoms with Crippen LogP contribution in [0.15, 0.2) is 24.3 Å². The number of fused-ring (bicyclic) bond motifs is 2. The van der Waals surface area contributed by atoms with E-state index in [1.807, 2.05) is 12.1 Å². The van der Waals surface area contributed by atoms with Crippen LogP contribution < -0.4 is 15.4 Å². The van der Waals surface area contributed by atoms with Crippen molar-refractivity contribution < 1.29 is 9.53 Å². The monoisotopic (exact) mass is 348 g/mol. The summed E-state index contributed by atoms with van der Waals surface area (Å²) in [4.78, 5) is 13.1. The number of rotatable bonds is 4. The molecule has 2 N–H and O–H groups in total. The van der Waals surface area contributed by atoms with E-state index in [-0.39, 0.29) is 5.91 Å². The van der Waals surface area contributed by atoms with Crippen LogP contribution in [0.25, 0.3) is 0 Å². The number of hydrogen-bond acceptors (Lipinski definition) is 3. The fourth-order valence-corrected chi connectivity index (χ4v) is 4.78. The molecule has 5 heteroatoms. The van der Waals surface area contributed by atoms with E-state index in [1.165, 1.54) is 19.3 Å². The summed E-state index contributed by atoms with van der Waals surface area (Å²) in [5.74, 6) is 2.27. The van der Waals surface area contributed by atoms with Crippen LogP contribution in [0.5, 0.6) is 5.75 Å². The van der Waals surface area contributed by atoms with Gasteiger partial charge in [0.25, 0.3) is 5.91 Å². The average Bonchev–Trinajstić information content (AvgIpc) is 3.21. The van der Waals surface area contributed by atoms with Gasteiger partial charge in [0.2, 0.25) is 0 Å². The van der Waals surface area contributed by atoms with Gasteiger partial charge in [0.05, 0.1) is 0 Å². The standard InChI is InChI=1S/C19H25ClN2O2/c20-15-3-5-16(6-4-15)24-19(7-9-21-10-8-19)18(23)22-17-12-13-1-2-14(17)11-13/h3-6,13-14,17,21H,1-2,7-12H2,(H,22,23)/t13-,14+,17-/m1/s1. The van der Waals surface area contributed by atoms with E-state index < -0.39 is 5.60 Å². The van der Waals surface area contributed by atoms with Crippen LogP contribution in [-0.4, -0.2) is 30.6 Å². The van der Waals surface area contributed by atoms with Gasteiger partial charge in [-0.3, -0.25) is 4.79 Å². The lowest BCUT2D eigenvalue weighted by atomic mass is 9.89. The Hall–Kier alpha value is -1.26. The molecule has 4 nitrogen and oxygen atoms in total. The van der Waals surface area contributed by atoms with Gasteiger partial charge in [-0.15, -0.1) is 0 Å². The predicted octanol–water partition coefficient (Wildman–Crippen LogP) is 3.15. The van der Waals surface area contributed by atoms with E-state index in [9.17, 15) is 4.79 Å². The van der Waals surface area contributed by atoms with Crippen LogP contribution in [0.4, 0.5) is 0 Å². The molecule has 4 rings (SSSR count). The first-order valence-electron chi connectivity index (χ1n) is 9.11. The maximum absolute atomic E-state index is 13.1. The minimum Gasteiger partial charge on any atom is -0.477 e. The zero-order chi connectivity index (χ0) is 16.6. The van der Waals surface area contributed by atoms with Crippen molar-refractivity contribution in [2.75, 3.05) is 13.1 Å². The number of ether oxygens (including phenoxy) is 1. The number of carbonyl (C=O) groups is 1. The van der Waals surface area contributed by atoms with Crippen molar-refractivity contribution in [3.63, 3.8) is 0 Å². The van der Waals surface area contributed by atoms with Crippen molar-refractivity contribution in [2.24, 2.45) is 11.8 Å². The molecule has 0 unspecified atom stereocenters. The molecule has 1 heterocycles. The third kappa shape index (κ3) is 3.14. The second-order valence-corrected chi connectivity index (χ2v) is 7.99. The van der Waals surface area contributed by atoms with Gasteiger partial charge in [-0.25, -0.2) is 0 Å². The van der Waals surface area contributed by atoms with Gasteiger partial charge in [-0.05, 0) is 68.5 Å². The van der Waals surface area contributed by atoms with Crippen LogP contribution in [-0.2, 0) is 4.79 Å². The van der Waals surface area contributed by atoms with Gasteiger partial charge in [-0.1, -0.05) is 18.0 Å². The lowest BCUT2D eigenvalue weighted by Gasteiger charge is -2.38. The maximum atomic E-state index is 13.1. The molecule has 1 amide bonds. The molecule has 2 bridgehead atoms. The largest absolute Gasteiger partial charge is 0.477 e. The molecule has 1 aliphatic heterocycles. The highest BCUT2D eigenvalue weighted by Gasteiger charge is 2.46. The maximum Gasteiger partial charge on any atom is 0.264 e. The smallest absolute Gasteiger partial charge is 0.264 e. The molecular formula is C19H25ClN2O2. The van der Waals surface area contributed by atoms with Gasteiger partial charge in [0.1, 0.15) is 5.75 Å². The van der Waals surface area contributed by atoms with Crippen LogP contribution in [0, 0.1) is 11.8 Å². The molecular weight excluding hydrogens is 324 g/mol. The van der Waals surface area contributed by atoms with E-state index in [0.29, 0.717) is 35.6 Å². The molecule has 1 saturated heterocycles. The number of piperidine rings is 1. The molecule has 24 heavy (non-hydrogen) atoms. The molecule has 0 aromatic heterocycles. The molecule has 2 aliphatic carbocycles. The van der Waals surface area contributed by atoms with Crippen molar-refractivity contribution >= 4 is 17.5 Å². The number of carbonyl (C=O) groups excluding carboxylic acids is 1. The number of halogens is 1. The molecule has 2 saturated carbocycles. The Morgan fingerprint density at radius 2 is 1.92 bits per heavy atom. The molecule has 0 radical (unpaired) electrons. The topological polar surface area (TPSA) is 50.4 Å². The van der Waals surface area contributed by atoms with Crippen molar-refractivity contribution in [3.05, 3.63) is 29.3 Å². The summed E-state index contributed by atoms with van der Waals surface area (Å²) >= 11 is 5.96. The minimum atomic E-state index is -0.763. The Morgan fingerprint density at radius 3 is 2.54 bits per heavy atom. The lowest BCUT2D eigenvalue weighted by molar-refractivity contribution is -0.140. The first-order valence-corrected chi connectivity index (χ1v) is 9.49. The Bertz CT molecular complexity index is 598. The van der Waals surface area contributed by atoms with Gasteiger partial charge in [0.15, 0.2) is 5.60 Å². The molecule has 130 valence electrons. The van der Waals surface area contributed by atoms with E-state index in [4.69, 9.17) is 16.3 Å². The van der Waals surface area contributed by atoms with Crippen molar-refractivity contribution in [1.82, 2.24) is 10.6 Å². The second kappa shape index (κ2) is 6.57. The van der Waals surface area contributed by atoms with Crippen molar-refractivity contribution in [1.29, 1.82) is 0 Å².